The predicted octanol–water partition coefficient (Wildman–Crippen LogP) is 5.30. The summed E-state index contributed by atoms with van der Waals surface area (Å²) in [6, 6.07) is 5.71. The number of hydrogen-bond donors (Lipinski definition) is 2. The van der Waals surface area contributed by atoms with Gasteiger partial charge in [-0.3, -0.25) is 4.79 Å². The Labute approximate surface area is 211 Å². The molecule has 0 spiro atoms. The molecule has 0 aliphatic carbocycles. The Bertz CT molecular complexity index is 747. The zero-order valence-electron chi connectivity index (χ0n) is 21.3. The van der Waals surface area contributed by atoms with E-state index in [1.807, 2.05) is 0 Å². The standard InChI is InChI=1S/C27H46NO6P/c1-2-3-4-5-6-7-8-9-10-11-12-13-14-15-16-17-27(30)28-25(23-34-35(31,32)33)22-24-18-20-26(29)21-19-24/h9-10,18-21,25,29H,2-8,11-17,22-23H2,1H3,(H,28,30)(H2,31,32,33)/p-2/b10-9-/t25-/m0/s1. The number of unbranched alkanes of at least 4 members (excludes halogenated alkanes) is 11. The quantitative estimate of drug-likeness (QED) is 0.132. The van der Waals surface area contributed by atoms with E-state index in [0.29, 0.717) is 12.8 Å². The number of nitrogens with one attached hydrogen (secondary N) is 1. The van der Waals surface area contributed by atoms with E-state index in [-0.39, 0.29) is 11.7 Å². The number of benzene rings is 1. The van der Waals surface area contributed by atoms with Crippen LogP contribution in [0.2, 0.25) is 0 Å². The number of rotatable bonds is 21. The van der Waals surface area contributed by atoms with E-state index in [1.54, 1.807) is 12.1 Å². The monoisotopic (exact) mass is 509 g/mol. The maximum absolute atomic E-state index is 12.3. The Kier molecular flexibility index (Phi) is 17.5. The molecule has 0 radical (unpaired) electrons. The van der Waals surface area contributed by atoms with Crippen molar-refractivity contribution in [2.45, 2.75) is 109 Å². The lowest BCUT2D eigenvalue weighted by Gasteiger charge is -2.31. The van der Waals surface area contributed by atoms with Gasteiger partial charge in [0.25, 0.3) is 0 Å². The minimum atomic E-state index is -5.13. The molecule has 1 aromatic carbocycles. The van der Waals surface area contributed by atoms with E-state index < -0.39 is 20.5 Å². The van der Waals surface area contributed by atoms with Gasteiger partial charge >= 0.3 is 0 Å². The molecule has 0 aromatic heterocycles. The average molecular weight is 510 g/mol. The van der Waals surface area contributed by atoms with Gasteiger partial charge in [-0.05, 0) is 56.2 Å². The SMILES string of the molecule is CCCCCCCC/C=C\CCCCCCCC(=O)N[C@H](COP(=O)([O-])[O-])Cc1ccc(O)cc1. The first kappa shape index (κ1) is 31.4. The second-order valence-electron chi connectivity index (χ2n) is 9.21. The number of phosphoric ester groups is 1. The summed E-state index contributed by atoms with van der Waals surface area (Å²) in [5.74, 6) is -0.0833. The molecule has 0 aliphatic rings. The molecule has 0 saturated carbocycles. The van der Waals surface area contributed by atoms with Crippen molar-refractivity contribution >= 4 is 13.7 Å². The molecule has 0 heterocycles. The van der Waals surface area contributed by atoms with Crippen molar-refractivity contribution < 1.29 is 28.8 Å². The summed E-state index contributed by atoms with van der Waals surface area (Å²) in [5, 5.41) is 12.2. The highest BCUT2D eigenvalue weighted by Gasteiger charge is 2.14. The van der Waals surface area contributed by atoms with Crippen LogP contribution in [0, 0.1) is 0 Å². The molecule has 1 rings (SSSR count). The summed E-state index contributed by atoms with van der Waals surface area (Å²) in [7, 11) is -5.13. The number of hydrogen-bond acceptors (Lipinski definition) is 6. The van der Waals surface area contributed by atoms with Crippen LogP contribution < -0.4 is 15.1 Å². The van der Waals surface area contributed by atoms with Gasteiger partial charge in [0.1, 0.15) is 5.75 Å². The number of phenols is 1. The maximum Gasteiger partial charge on any atom is 0.220 e. The van der Waals surface area contributed by atoms with E-state index >= 15 is 0 Å². The van der Waals surface area contributed by atoms with Gasteiger partial charge in [0.2, 0.25) is 5.91 Å². The van der Waals surface area contributed by atoms with Crippen LogP contribution in [0.3, 0.4) is 0 Å². The van der Waals surface area contributed by atoms with Crippen molar-refractivity contribution in [2.24, 2.45) is 0 Å². The first-order valence-electron chi connectivity index (χ1n) is 13.2. The van der Waals surface area contributed by atoms with Gasteiger partial charge in [-0.1, -0.05) is 82.6 Å². The molecule has 200 valence electrons. The van der Waals surface area contributed by atoms with Gasteiger partial charge in [0.15, 0.2) is 0 Å². The molecular weight excluding hydrogens is 465 g/mol. The number of allylic oxidation sites excluding steroid dienone is 2. The van der Waals surface area contributed by atoms with Crippen LogP contribution in [0.1, 0.15) is 102 Å². The highest BCUT2D eigenvalue weighted by Crippen LogP contribution is 2.25. The summed E-state index contributed by atoms with van der Waals surface area (Å²) in [5.41, 5.74) is 0.782. The fraction of sp³-hybridized carbons (Fsp3) is 0.667. The fourth-order valence-electron chi connectivity index (χ4n) is 3.91. The molecule has 0 bridgehead atoms. The summed E-state index contributed by atoms with van der Waals surface area (Å²) in [4.78, 5) is 34.0. The first-order valence-corrected chi connectivity index (χ1v) is 14.6. The summed E-state index contributed by atoms with van der Waals surface area (Å²) in [6.45, 7) is 1.83. The van der Waals surface area contributed by atoms with Gasteiger partial charge in [-0.25, -0.2) is 0 Å². The van der Waals surface area contributed by atoms with Crippen molar-refractivity contribution in [3.05, 3.63) is 42.0 Å². The number of amides is 1. The van der Waals surface area contributed by atoms with Crippen LogP contribution in [-0.2, 0) is 20.3 Å². The van der Waals surface area contributed by atoms with E-state index in [4.69, 9.17) is 0 Å². The molecule has 7 nitrogen and oxygen atoms in total. The number of aromatic hydroxyl groups is 1. The van der Waals surface area contributed by atoms with Crippen molar-refractivity contribution in [1.29, 1.82) is 0 Å². The second-order valence-corrected chi connectivity index (χ2v) is 10.4. The third-order valence-electron chi connectivity index (χ3n) is 5.88. The van der Waals surface area contributed by atoms with E-state index in [2.05, 4.69) is 28.9 Å². The normalized spacial score (nSPS) is 12.8. The zero-order valence-corrected chi connectivity index (χ0v) is 22.2. The Morgan fingerprint density at radius 2 is 1.49 bits per heavy atom. The lowest BCUT2D eigenvalue weighted by molar-refractivity contribution is -0.342. The van der Waals surface area contributed by atoms with Crippen LogP contribution in [0.5, 0.6) is 5.75 Å². The minimum Gasteiger partial charge on any atom is -0.790 e. The highest BCUT2D eigenvalue weighted by atomic mass is 31.2. The minimum absolute atomic E-state index is 0.110. The van der Waals surface area contributed by atoms with Crippen LogP contribution in [-0.4, -0.2) is 23.7 Å². The van der Waals surface area contributed by atoms with E-state index in [0.717, 1.165) is 44.1 Å². The lowest BCUT2D eigenvalue weighted by atomic mass is 10.1. The number of carbonyl (C=O) groups excluding carboxylic acids is 1. The van der Waals surface area contributed by atoms with E-state index in [9.17, 15) is 24.3 Å². The van der Waals surface area contributed by atoms with Crippen molar-refractivity contribution in [3.8, 4) is 5.75 Å². The van der Waals surface area contributed by atoms with Gasteiger partial charge < -0.3 is 29.3 Å². The highest BCUT2D eigenvalue weighted by molar-refractivity contribution is 7.43. The van der Waals surface area contributed by atoms with Crippen LogP contribution in [0.15, 0.2) is 36.4 Å². The molecule has 0 aliphatic heterocycles. The first-order chi connectivity index (χ1) is 16.8. The maximum atomic E-state index is 12.3. The van der Waals surface area contributed by atoms with Gasteiger partial charge in [-0.15, -0.1) is 0 Å². The summed E-state index contributed by atoms with van der Waals surface area (Å²) in [6.07, 6.45) is 20.6. The third kappa shape index (κ3) is 19.2. The molecule has 2 N–H and O–H groups in total. The lowest BCUT2D eigenvalue weighted by Crippen LogP contribution is -2.40. The number of phenolic OH excluding ortho intramolecular Hbond substituents is 1. The van der Waals surface area contributed by atoms with E-state index in [1.165, 1.54) is 57.1 Å². The number of carbonyl (C=O) groups is 1. The molecule has 0 unspecified atom stereocenters. The van der Waals surface area contributed by atoms with Gasteiger partial charge in [0.05, 0.1) is 20.5 Å². The molecule has 35 heavy (non-hydrogen) atoms. The molecular formula is C27H44NO6P-2. The smallest absolute Gasteiger partial charge is 0.220 e. The largest absolute Gasteiger partial charge is 0.790 e. The van der Waals surface area contributed by atoms with Crippen LogP contribution in [0.25, 0.3) is 0 Å². The van der Waals surface area contributed by atoms with Gasteiger partial charge in [-0.2, -0.15) is 0 Å². The van der Waals surface area contributed by atoms with Crippen molar-refractivity contribution in [2.75, 3.05) is 6.61 Å². The van der Waals surface area contributed by atoms with Crippen molar-refractivity contribution in [3.63, 3.8) is 0 Å². The summed E-state index contributed by atoms with van der Waals surface area (Å²) < 4.78 is 15.2. The predicted molar refractivity (Wildman–Crippen MR) is 137 cm³/mol. The van der Waals surface area contributed by atoms with Crippen LogP contribution >= 0.6 is 7.82 Å². The second kappa shape index (κ2) is 19.5. The summed E-state index contributed by atoms with van der Waals surface area (Å²) >= 11 is 0. The fourth-order valence-corrected chi connectivity index (χ4v) is 4.27. The molecule has 8 heteroatoms. The molecule has 1 atom stereocenters. The third-order valence-corrected chi connectivity index (χ3v) is 6.35. The Morgan fingerprint density at radius 3 is 2.06 bits per heavy atom. The molecule has 1 aromatic rings. The topological polar surface area (TPSA) is 122 Å². The molecule has 1 amide bonds. The molecule has 0 fully saturated rings. The Morgan fingerprint density at radius 1 is 0.943 bits per heavy atom. The van der Waals surface area contributed by atoms with Gasteiger partial charge in [0, 0.05) is 6.42 Å². The molecule has 0 saturated heterocycles. The Hall–Kier alpha value is -1.66. The van der Waals surface area contributed by atoms with Crippen molar-refractivity contribution in [1.82, 2.24) is 5.32 Å². The number of phosphoric acid groups is 1. The average Bonchev–Trinajstić information content (AvgIpc) is 2.81. The Balaban J connectivity index is 2.15. The van der Waals surface area contributed by atoms with Crippen LogP contribution in [0.4, 0.5) is 0 Å². The zero-order chi connectivity index (χ0) is 25.8.